The second-order valence-electron chi connectivity index (χ2n) is 6.31. The van der Waals surface area contributed by atoms with E-state index in [1.165, 1.54) is 15.3 Å². The van der Waals surface area contributed by atoms with E-state index in [0.717, 1.165) is 4.34 Å². The molecule has 1 aromatic carbocycles. The molecular formula is C17H22ClNS2. The number of hydrogen-bond acceptors (Lipinski definition) is 3. The molecule has 0 aliphatic heterocycles. The molecule has 0 saturated heterocycles. The largest absolute Gasteiger partial charge is 0.327 e. The fourth-order valence-electron chi connectivity index (χ4n) is 2.09. The molecule has 1 nitrogen and oxygen atoms in total. The van der Waals surface area contributed by atoms with Gasteiger partial charge in [0.1, 0.15) is 0 Å². The number of hydrogen-bond donors (Lipinski definition) is 1. The summed E-state index contributed by atoms with van der Waals surface area (Å²) in [7, 11) is 0. The third-order valence-electron chi connectivity index (χ3n) is 3.34. The first-order chi connectivity index (χ1) is 9.77. The molecule has 4 heteroatoms. The first-order valence-electron chi connectivity index (χ1n) is 7.05. The molecule has 0 radical (unpaired) electrons. The molecule has 0 amide bonds. The average Bonchev–Trinajstić information content (AvgIpc) is 2.81. The molecule has 114 valence electrons. The van der Waals surface area contributed by atoms with Crippen molar-refractivity contribution >= 4 is 34.7 Å². The van der Waals surface area contributed by atoms with E-state index < -0.39 is 0 Å². The Morgan fingerprint density at radius 2 is 1.71 bits per heavy atom. The highest BCUT2D eigenvalue weighted by Gasteiger charge is 2.20. The van der Waals surface area contributed by atoms with E-state index in [2.05, 4.69) is 58.0 Å². The van der Waals surface area contributed by atoms with Gasteiger partial charge in [-0.25, -0.2) is 0 Å². The van der Waals surface area contributed by atoms with Crippen molar-refractivity contribution in [2.45, 2.75) is 49.3 Å². The highest BCUT2D eigenvalue weighted by Crippen LogP contribution is 2.41. The molecule has 0 bridgehead atoms. The lowest BCUT2D eigenvalue weighted by Gasteiger charge is -2.21. The van der Waals surface area contributed by atoms with Crippen LogP contribution in [0.15, 0.2) is 41.3 Å². The maximum absolute atomic E-state index is 6.17. The molecule has 2 atom stereocenters. The van der Waals surface area contributed by atoms with Crippen molar-refractivity contribution in [2.75, 3.05) is 0 Å². The van der Waals surface area contributed by atoms with Crippen LogP contribution in [-0.4, -0.2) is 6.04 Å². The fraction of sp³-hybridized carbons (Fsp3) is 0.412. The van der Waals surface area contributed by atoms with Gasteiger partial charge >= 0.3 is 0 Å². The van der Waals surface area contributed by atoms with Crippen molar-refractivity contribution in [3.8, 4) is 0 Å². The molecule has 2 unspecified atom stereocenters. The Balaban J connectivity index is 2.18. The van der Waals surface area contributed by atoms with Crippen LogP contribution in [0.1, 0.15) is 43.4 Å². The van der Waals surface area contributed by atoms with Crippen LogP contribution < -0.4 is 5.73 Å². The third-order valence-corrected chi connectivity index (χ3v) is 6.28. The summed E-state index contributed by atoms with van der Waals surface area (Å²) >= 11 is 9.48. The van der Waals surface area contributed by atoms with Crippen molar-refractivity contribution in [3.05, 3.63) is 51.2 Å². The zero-order valence-corrected chi connectivity index (χ0v) is 15.3. The van der Waals surface area contributed by atoms with Gasteiger partial charge in [0, 0.05) is 15.8 Å². The average molecular weight is 340 g/mol. The van der Waals surface area contributed by atoms with E-state index in [0.29, 0.717) is 0 Å². The molecule has 2 N–H and O–H groups in total. The predicted octanol–water partition coefficient (Wildman–Crippen LogP) is 5.88. The molecule has 0 aliphatic rings. The Hall–Kier alpha value is -0.480. The highest BCUT2D eigenvalue weighted by molar-refractivity contribution is 7.99. The van der Waals surface area contributed by atoms with Crippen LogP contribution in [-0.2, 0) is 5.41 Å². The predicted molar refractivity (Wildman–Crippen MR) is 96.7 cm³/mol. The van der Waals surface area contributed by atoms with Gasteiger partial charge in [0.2, 0.25) is 0 Å². The zero-order valence-electron chi connectivity index (χ0n) is 12.9. The van der Waals surface area contributed by atoms with Crippen LogP contribution in [0.5, 0.6) is 0 Å². The molecule has 0 aliphatic carbocycles. The number of nitrogens with two attached hydrogens (primary N) is 1. The summed E-state index contributed by atoms with van der Waals surface area (Å²) in [6.45, 7) is 8.74. The van der Waals surface area contributed by atoms with E-state index >= 15 is 0 Å². The molecule has 1 aromatic heterocycles. The molecule has 0 spiro atoms. The minimum absolute atomic E-state index is 0.0759. The SMILES string of the molecule is CC(N)C(Sc1ccc(C(C)(C)C)cc1)c1ccc(Cl)s1. The minimum Gasteiger partial charge on any atom is -0.327 e. The summed E-state index contributed by atoms with van der Waals surface area (Å²) in [5.41, 5.74) is 7.70. The number of rotatable bonds is 4. The second kappa shape index (κ2) is 6.74. The van der Waals surface area contributed by atoms with Crippen LogP contribution in [0, 0.1) is 0 Å². The van der Waals surface area contributed by atoms with Gasteiger partial charge in [0.15, 0.2) is 0 Å². The summed E-state index contributed by atoms with van der Waals surface area (Å²) in [4.78, 5) is 2.48. The van der Waals surface area contributed by atoms with Crippen LogP contribution in [0.2, 0.25) is 4.34 Å². The van der Waals surface area contributed by atoms with E-state index in [1.54, 1.807) is 11.3 Å². The van der Waals surface area contributed by atoms with Crippen LogP contribution in [0.3, 0.4) is 0 Å². The summed E-state index contributed by atoms with van der Waals surface area (Å²) in [5, 5.41) is 0.239. The Labute approximate surface area is 140 Å². The lowest BCUT2D eigenvalue weighted by molar-refractivity contribution is 0.589. The second-order valence-corrected chi connectivity index (χ2v) is 9.28. The molecule has 1 heterocycles. The number of halogens is 1. The number of thioether (sulfide) groups is 1. The minimum atomic E-state index is 0.0759. The normalized spacial score (nSPS) is 15.0. The molecule has 0 saturated carbocycles. The maximum atomic E-state index is 6.17. The zero-order chi connectivity index (χ0) is 15.6. The number of benzene rings is 1. The molecular weight excluding hydrogens is 318 g/mol. The van der Waals surface area contributed by atoms with Crippen LogP contribution >= 0.6 is 34.7 Å². The van der Waals surface area contributed by atoms with Crippen molar-refractivity contribution < 1.29 is 0 Å². The Kier molecular flexibility index (Phi) is 5.42. The highest BCUT2D eigenvalue weighted by atomic mass is 35.5. The summed E-state index contributed by atoms with van der Waals surface area (Å²) < 4.78 is 0.819. The quantitative estimate of drug-likeness (QED) is 0.704. The van der Waals surface area contributed by atoms with E-state index in [-0.39, 0.29) is 16.7 Å². The Bertz CT molecular complexity index is 582. The Morgan fingerprint density at radius 3 is 2.14 bits per heavy atom. The van der Waals surface area contributed by atoms with Gasteiger partial charge in [0.25, 0.3) is 0 Å². The van der Waals surface area contributed by atoms with Crippen molar-refractivity contribution in [1.82, 2.24) is 0 Å². The van der Waals surface area contributed by atoms with Crippen LogP contribution in [0.4, 0.5) is 0 Å². The summed E-state index contributed by atoms with van der Waals surface area (Å²) in [6, 6.07) is 12.9. The number of thiophene rings is 1. The first kappa shape index (κ1) is 16.9. The topological polar surface area (TPSA) is 26.0 Å². The van der Waals surface area contributed by atoms with Gasteiger partial charge in [-0.3, -0.25) is 0 Å². The smallest absolute Gasteiger partial charge is 0.0931 e. The van der Waals surface area contributed by atoms with Gasteiger partial charge in [0.05, 0.1) is 9.59 Å². The van der Waals surface area contributed by atoms with E-state index in [9.17, 15) is 0 Å². The van der Waals surface area contributed by atoms with Crippen molar-refractivity contribution in [1.29, 1.82) is 0 Å². The first-order valence-corrected chi connectivity index (χ1v) is 9.13. The monoisotopic (exact) mass is 339 g/mol. The molecule has 2 aromatic rings. The standard InChI is InChI=1S/C17H22ClNS2/c1-11(19)16(14-9-10-15(18)21-14)20-13-7-5-12(6-8-13)17(2,3)4/h5-11,16H,19H2,1-4H3. The Morgan fingerprint density at radius 1 is 1.10 bits per heavy atom. The van der Waals surface area contributed by atoms with E-state index in [1.807, 2.05) is 17.8 Å². The summed E-state index contributed by atoms with van der Waals surface area (Å²) in [6.07, 6.45) is 0. The van der Waals surface area contributed by atoms with E-state index in [4.69, 9.17) is 17.3 Å². The van der Waals surface area contributed by atoms with Gasteiger partial charge in [-0.05, 0) is 42.2 Å². The molecule has 0 fully saturated rings. The van der Waals surface area contributed by atoms with Gasteiger partial charge in [-0.2, -0.15) is 0 Å². The van der Waals surface area contributed by atoms with Gasteiger partial charge < -0.3 is 5.73 Å². The molecule has 2 rings (SSSR count). The van der Waals surface area contributed by atoms with Gasteiger partial charge in [-0.15, -0.1) is 23.1 Å². The van der Waals surface area contributed by atoms with Crippen molar-refractivity contribution in [2.24, 2.45) is 5.73 Å². The third kappa shape index (κ3) is 4.49. The fourth-order valence-corrected chi connectivity index (χ4v) is 4.53. The lowest BCUT2D eigenvalue weighted by Crippen LogP contribution is -2.21. The van der Waals surface area contributed by atoms with Gasteiger partial charge in [-0.1, -0.05) is 44.5 Å². The lowest BCUT2D eigenvalue weighted by atomic mass is 9.87. The van der Waals surface area contributed by atoms with Crippen LogP contribution in [0.25, 0.3) is 0 Å². The summed E-state index contributed by atoms with van der Waals surface area (Å²) in [5.74, 6) is 0. The molecule has 21 heavy (non-hydrogen) atoms. The maximum Gasteiger partial charge on any atom is 0.0931 e. The van der Waals surface area contributed by atoms with Crippen molar-refractivity contribution in [3.63, 3.8) is 0 Å².